The lowest BCUT2D eigenvalue weighted by Crippen LogP contribution is -2.10. The minimum absolute atomic E-state index is 0.0535. The van der Waals surface area contributed by atoms with Gasteiger partial charge in [0.15, 0.2) is 16.6 Å². The number of aromatic nitrogens is 2. The number of benzene rings is 2. The summed E-state index contributed by atoms with van der Waals surface area (Å²) in [6, 6.07) is 16.4. The van der Waals surface area contributed by atoms with Gasteiger partial charge in [-0.1, -0.05) is 56.4 Å². The van der Waals surface area contributed by atoms with Crippen LogP contribution in [0.4, 0.5) is 0 Å². The monoisotopic (exact) mass is 502 g/mol. The van der Waals surface area contributed by atoms with Crippen molar-refractivity contribution in [3.05, 3.63) is 77.2 Å². The van der Waals surface area contributed by atoms with Gasteiger partial charge in [0, 0.05) is 0 Å². The van der Waals surface area contributed by atoms with Crippen LogP contribution < -0.4 is 4.74 Å². The van der Waals surface area contributed by atoms with E-state index in [-0.39, 0.29) is 16.7 Å². The standard InChI is InChI=1S/C28H26N2O5S/c1-15-6-13-20(35-15)24(31)22-23(16-7-9-17(10-8-16)28(2,3)4)30(26(33)25(22)32)27-29-19-12-11-18(34-5)14-21(19)36-27/h6-14,32-33H,1-5H3. The summed E-state index contributed by atoms with van der Waals surface area (Å²) in [7, 11) is 1.59. The highest BCUT2D eigenvalue weighted by atomic mass is 32.1. The molecule has 0 aliphatic carbocycles. The number of carbonyl (C=O) groups is 1. The number of carbonyl (C=O) groups excluding carboxylic acids is 1. The molecule has 3 aromatic heterocycles. The fourth-order valence-corrected chi connectivity index (χ4v) is 5.15. The molecule has 0 saturated carbocycles. The van der Waals surface area contributed by atoms with Gasteiger partial charge in [-0.15, -0.1) is 0 Å². The molecule has 0 radical (unpaired) electrons. The molecule has 0 amide bonds. The van der Waals surface area contributed by atoms with Gasteiger partial charge in [-0.05, 0) is 53.8 Å². The molecule has 36 heavy (non-hydrogen) atoms. The van der Waals surface area contributed by atoms with Gasteiger partial charge in [-0.25, -0.2) is 4.98 Å². The quantitative estimate of drug-likeness (QED) is 0.263. The van der Waals surface area contributed by atoms with E-state index in [0.29, 0.717) is 33.4 Å². The largest absolute Gasteiger partial charge is 0.503 e. The van der Waals surface area contributed by atoms with E-state index in [9.17, 15) is 15.0 Å². The molecule has 5 rings (SSSR count). The minimum Gasteiger partial charge on any atom is -0.503 e. The van der Waals surface area contributed by atoms with Gasteiger partial charge >= 0.3 is 0 Å². The number of ether oxygens (including phenoxy) is 1. The van der Waals surface area contributed by atoms with Crippen LogP contribution in [-0.4, -0.2) is 32.7 Å². The minimum atomic E-state index is -0.535. The summed E-state index contributed by atoms with van der Waals surface area (Å²) in [5.74, 6) is -0.214. The SMILES string of the molecule is COc1ccc2nc(-n3c(O)c(O)c(C(=O)c4ccc(C)o4)c3-c3ccc(C(C)(C)C)cc3)sc2c1. The summed E-state index contributed by atoms with van der Waals surface area (Å²) >= 11 is 1.31. The van der Waals surface area contributed by atoms with Gasteiger partial charge in [0.25, 0.3) is 0 Å². The number of furan rings is 1. The van der Waals surface area contributed by atoms with Gasteiger partial charge in [0.2, 0.25) is 11.7 Å². The molecule has 0 aliphatic heterocycles. The van der Waals surface area contributed by atoms with Crippen LogP contribution in [0.3, 0.4) is 0 Å². The second-order valence-corrected chi connectivity index (χ2v) is 10.6. The van der Waals surface area contributed by atoms with Crippen molar-refractivity contribution >= 4 is 27.3 Å². The zero-order valence-corrected chi connectivity index (χ0v) is 21.4. The molecule has 2 aromatic carbocycles. The molecule has 2 N–H and O–H groups in total. The third-order valence-corrected chi connectivity index (χ3v) is 7.12. The maximum absolute atomic E-state index is 13.5. The van der Waals surface area contributed by atoms with Crippen LogP contribution >= 0.6 is 11.3 Å². The summed E-state index contributed by atoms with van der Waals surface area (Å²) in [5, 5.41) is 22.5. The number of thiazole rings is 1. The first-order valence-electron chi connectivity index (χ1n) is 11.4. The van der Waals surface area contributed by atoms with Gasteiger partial charge in [-0.2, -0.15) is 0 Å². The zero-order chi connectivity index (χ0) is 25.8. The van der Waals surface area contributed by atoms with E-state index in [1.165, 1.54) is 15.9 Å². The van der Waals surface area contributed by atoms with Crippen molar-refractivity contribution in [1.82, 2.24) is 9.55 Å². The lowest BCUT2D eigenvalue weighted by atomic mass is 9.86. The molecule has 0 bridgehead atoms. The number of methoxy groups -OCH3 is 1. The highest BCUT2D eigenvalue weighted by Gasteiger charge is 2.32. The number of fused-ring (bicyclic) bond motifs is 1. The molecule has 3 heterocycles. The van der Waals surface area contributed by atoms with E-state index in [1.807, 2.05) is 36.4 Å². The summed E-state index contributed by atoms with van der Waals surface area (Å²) in [6.45, 7) is 8.09. The fourth-order valence-electron chi connectivity index (χ4n) is 4.15. The van der Waals surface area contributed by atoms with Gasteiger partial charge in [-0.3, -0.25) is 9.36 Å². The van der Waals surface area contributed by atoms with E-state index in [2.05, 4.69) is 25.8 Å². The van der Waals surface area contributed by atoms with Crippen molar-refractivity contribution in [2.45, 2.75) is 33.1 Å². The first kappa shape index (κ1) is 23.7. The number of rotatable bonds is 5. The molecule has 0 atom stereocenters. The molecular formula is C28H26N2O5S. The van der Waals surface area contributed by atoms with Crippen molar-refractivity contribution in [2.24, 2.45) is 0 Å². The average Bonchev–Trinajstić information content (AvgIpc) is 3.53. The molecule has 8 heteroatoms. The second kappa shape index (κ2) is 8.57. The Morgan fingerprint density at radius 2 is 1.78 bits per heavy atom. The van der Waals surface area contributed by atoms with Crippen molar-refractivity contribution in [2.75, 3.05) is 7.11 Å². The molecule has 5 aromatic rings. The second-order valence-electron chi connectivity index (χ2n) is 9.63. The molecule has 7 nitrogen and oxygen atoms in total. The Morgan fingerprint density at radius 3 is 2.39 bits per heavy atom. The van der Waals surface area contributed by atoms with Crippen LogP contribution in [0.2, 0.25) is 0 Å². The van der Waals surface area contributed by atoms with Crippen molar-refractivity contribution < 1.29 is 24.2 Å². The Labute approximate surface area is 212 Å². The predicted molar refractivity (Wildman–Crippen MR) is 140 cm³/mol. The summed E-state index contributed by atoms with van der Waals surface area (Å²) in [4.78, 5) is 18.2. The normalized spacial score (nSPS) is 11.8. The van der Waals surface area contributed by atoms with Crippen LogP contribution in [0.5, 0.6) is 17.4 Å². The van der Waals surface area contributed by atoms with E-state index >= 15 is 0 Å². The number of ketones is 1. The number of hydrogen-bond acceptors (Lipinski definition) is 7. The Balaban J connectivity index is 1.77. The number of aromatic hydroxyl groups is 2. The Bertz CT molecular complexity index is 1600. The summed E-state index contributed by atoms with van der Waals surface area (Å²) in [5.41, 5.74) is 2.66. The molecule has 184 valence electrons. The highest BCUT2D eigenvalue weighted by Crippen LogP contribution is 2.45. The van der Waals surface area contributed by atoms with Gasteiger partial charge in [0.1, 0.15) is 11.5 Å². The van der Waals surface area contributed by atoms with Crippen LogP contribution in [0.15, 0.2) is 59.0 Å². The zero-order valence-electron chi connectivity index (χ0n) is 20.6. The van der Waals surface area contributed by atoms with Crippen molar-refractivity contribution in [1.29, 1.82) is 0 Å². The average molecular weight is 503 g/mol. The van der Waals surface area contributed by atoms with E-state index in [1.54, 1.807) is 32.2 Å². The number of nitrogens with zero attached hydrogens (tertiary/aromatic N) is 2. The molecule has 0 unspecified atom stereocenters. The first-order chi connectivity index (χ1) is 17.1. The number of aryl methyl sites for hydroxylation is 1. The van der Waals surface area contributed by atoms with Crippen molar-refractivity contribution in [3.63, 3.8) is 0 Å². The lowest BCUT2D eigenvalue weighted by Gasteiger charge is -2.19. The molecule has 0 aliphatic rings. The van der Waals surface area contributed by atoms with E-state index < -0.39 is 17.4 Å². The van der Waals surface area contributed by atoms with Crippen LogP contribution in [-0.2, 0) is 5.41 Å². The first-order valence-corrected chi connectivity index (χ1v) is 12.2. The van der Waals surface area contributed by atoms with E-state index in [4.69, 9.17) is 9.15 Å². The van der Waals surface area contributed by atoms with Crippen LogP contribution in [0.25, 0.3) is 26.6 Å². The highest BCUT2D eigenvalue weighted by molar-refractivity contribution is 7.20. The van der Waals surface area contributed by atoms with E-state index in [0.717, 1.165) is 10.3 Å². The van der Waals surface area contributed by atoms with Crippen molar-refractivity contribution in [3.8, 4) is 33.8 Å². The molecular weight excluding hydrogens is 476 g/mol. The summed E-state index contributed by atoms with van der Waals surface area (Å²) in [6.07, 6.45) is 0. The Hall–Kier alpha value is -4.04. The third kappa shape index (κ3) is 3.93. The van der Waals surface area contributed by atoms with Gasteiger partial charge in [0.05, 0.1) is 28.6 Å². The third-order valence-electron chi connectivity index (χ3n) is 6.11. The maximum Gasteiger partial charge on any atom is 0.242 e. The maximum atomic E-state index is 13.5. The summed E-state index contributed by atoms with van der Waals surface area (Å²) < 4.78 is 13.1. The Morgan fingerprint density at radius 1 is 1.06 bits per heavy atom. The number of hydrogen-bond donors (Lipinski definition) is 2. The molecule has 0 spiro atoms. The molecule has 0 fully saturated rings. The fraction of sp³-hybridized carbons (Fsp3) is 0.214. The Kier molecular flexibility index (Phi) is 5.64. The molecule has 0 saturated heterocycles. The van der Waals surface area contributed by atoms with Crippen LogP contribution in [0.1, 0.15) is 48.2 Å². The lowest BCUT2D eigenvalue weighted by molar-refractivity contribution is 0.101. The smallest absolute Gasteiger partial charge is 0.242 e. The predicted octanol–water partition coefficient (Wildman–Crippen LogP) is 6.60. The topological polar surface area (TPSA) is 97.7 Å². The van der Waals surface area contributed by atoms with Crippen LogP contribution in [0, 0.1) is 6.92 Å². The van der Waals surface area contributed by atoms with Gasteiger partial charge < -0.3 is 19.4 Å².